The first-order valence-electron chi connectivity index (χ1n) is 7.78. The highest BCUT2D eigenvalue weighted by Gasteiger charge is 2.19. The fraction of sp³-hybridized carbons (Fsp3) is 0. The van der Waals surface area contributed by atoms with Crippen molar-refractivity contribution >= 4 is 11.8 Å². The molecule has 0 aliphatic heterocycles. The van der Waals surface area contributed by atoms with Gasteiger partial charge in [0.1, 0.15) is 5.69 Å². The van der Waals surface area contributed by atoms with Crippen LogP contribution >= 0.6 is 0 Å². The molecule has 0 saturated carbocycles. The number of amides is 1. The highest BCUT2D eigenvalue weighted by atomic mass is 16.4. The summed E-state index contributed by atoms with van der Waals surface area (Å²) in [5.41, 5.74) is 2.25. The largest absolute Gasteiger partial charge is 0.459 e. The number of hydrogen-bond donors (Lipinski definition) is 1. The maximum absolute atomic E-state index is 12.3. The quantitative estimate of drug-likeness (QED) is 0.580. The van der Waals surface area contributed by atoms with Crippen molar-refractivity contribution in [2.45, 2.75) is 0 Å². The lowest BCUT2D eigenvalue weighted by atomic mass is 10.1. The van der Waals surface area contributed by atoms with Crippen molar-refractivity contribution in [3.8, 4) is 22.7 Å². The second kappa shape index (κ2) is 6.49. The Hall–Kier alpha value is -3.60. The summed E-state index contributed by atoms with van der Waals surface area (Å²) in [6, 6.07) is 22.3. The zero-order chi connectivity index (χ0) is 17.1. The first kappa shape index (κ1) is 15.0. The van der Waals surface area contributed by atoms with Crippen LogP contribution in [0, 0.1) is 0 Å². The molecule has 0 spiro atoms. The van der Waals surface area contributed by atoms with Crippen molar-refractivity contribution in [2.24, 2.45) is 0 Å². The molecule has 1 N–H and O–H groups in total. The number of aromatic nitrogens is 1. The van der Waals surface area contributed by atoms with Crippen molar-refractivity contribution in [3.63, 3.8) is 0 Å². The molecule has 0 unspecified atom stereocenters. The number of oxazole rings is 1. The molecule has 25 heavy (non-hydrogen) atoms. The molecular formula is C20H14N2O3. The second-order valence-electron chi connectivity index (χ2n) is 5.36. The Kier molecular flexibility index (Phi) is 3.88. The summed E-state index contributed by atoms with van der Waals surface area (Å²) in [4.78, 5) is 16.9. The zero-order valence-electron chi connectivity index (χ0n) is 13.2. The molecule has 0 aliphatic carbocycles. The number of rotatable bonds is 4. The molecule has 5 nitrogen and oxygen atoms in total. The van der Waals surface area contributed by atoms with Crippen LogP contribution in [0.25, 0.3) is 22.7 Å². The molecule has 122 valence electrons. The number of carbonyl (C=O) groups excluding carboxylic acids is 1. The molecular weight excluding hydrogens is 316 g/mol. The van der Waals surface area contributed by atoms with Crippen molar-refractivity contribution in [1.29, 1.82) is 0 Å². The molecule has 0 aliphatic rings. The number of nitrogens with one attached hydrogen (secondary N) is 1. The standard InChI is InChI=1S/C20H14N2O3/c23-18(16-12-7-13-24-16)22-20-17(14-8-3-1-4-9-14)21-19(25-20)15-10-5-2-6-11-15/h1-13H,(H,22,23). The molecule has 0 saturated heterocycles. The van der Waals surface area contributed by atoms with Gasteiger partial charge in [-0.1, -0.05) is 48.5 Å². The summed E-state index contributed by atoms with van der Waals surface area (Å²) in [6.45, 7) is 0. The van der Waals surface area contributed by atoms with Gasteiger partial charge in [-0.3, -0.25) is 10.1 Å². The Morgan fingerprint density at radius 1 is 0.840 bits per heavy atom. The van der Waals surface area contributed by atoms with Crippen molar-refractivity contribution < 1.29 is 13.6 Å². The zero-order valence-corrected chi connectivity index (χ0v) is 13.2. The molecule has 5 heteroatoms. The second-order valence-corrected chi connectivity index (χ2v) is 5.36. The number of carbonyl (C=O) groups is 1. The van der Waals surface area contributed by atoms with E-state index in [0.29, 0.717) is 11.6 Å². The van der Waals surface area contributed by atoms with E-state index in [9.17, 15) is 4.79 Å². The van der Waals surface area contributed by atoms with Crippen LogP contribution in [0.15, 0.2) is 87.9 Å². The molecule has 0 atom stereocenters. The van der Waals surface area contributed by atoms with Crippen LogP contribution in [0.1, 0.15) is 10.6 Å². The summed E-state index contributed by atoms with van der Waals surface area (Å²) in [6.07, 6.45) is 1.45. The first-order chi connectivity index (χ1) is 12.3. The lowest BCUT2D eigenvalue weighted by Crippen LogP contribution is -2.10. The van der Waals surface area contributed by atoms with E-state index in [2.05, 4.69) is 10.3 Å². The van der Waals surface area contributed by atoms with Crippen LogP contribution in [0.2, 0.25) is 0 Å². The van der Waals surface area contributed by atoms with E-state index in [1.165, 1.54) is 6.26 Å². The summed E-state index contributed by atoms with van der Waals surface area (Å²) >= 11 is 0. The number of furan rings is 1. The van der Waals surface area contributed by atoms with Gasteiger partial charge in [0.2, 0.25) is 11.8 Å². The average molecular weight is 330 g/mol. The highest BCUT2D eigenvalue weighted by Crippen LogP contribution is 2.33. The van der Waals surface area contributed by atoms with Gasteiger partial charge in [-0.2, -0.15) is 0 Å². The first-order valence-corrected chi connectivity index (χ1v) is 7.78. The summed E-state index contributed by atoms with van der Waals surface area (Å²) in [5, 5.41) is 2.74. The monoisotopic (exact) mass is 330 g/mol. The molecule has 4 aromatic rings. The van der Waals surface area contributed by atoms with E-state index >= 15 is 0 Å². The predicted molar refractivity (Wildman–Crippen MR) is 94.0 cm³/mol. The van der Waals surface area contributed by atoms with Crippen molar-refractivity contribution in [3.05, 3.63) is 84.8 Å². The van der Waals surface area contributed by atoms with Crippen LogP contribution < -0.4 is 5.32 Å². The summed E-state index contributed by atoms with van der Waals surface area (Å²) in [7, 11) is 0. The number of hydrogen-bond acceptors (Lipinski definition) is 4. The molecule has 2 aromatic heterocycles. The Labute approximate surface area is 143 Å². The predicted octanol–water partition coefficient (Wildman–Crippen LogP) is 4.85. The topological polar surface area (TPSA) is 68.3 Å². The SMILES string of the molecule is O=C(Nc1oc(-c2ccccc2)nc1-c1ccccc1)c1ccco1. The van der Waals surface area contributed by atoms with Crippen LogP contribution in [0.4, 0.5) is 5.88 Å². The van der Waals surface area contributed by atoms with Gasteiger partial charge in [0, 0.05) is 11.1 Å². The Morgan fingerprint density at radius 3 is 2.16 bits per heavy atom. The van der Waals surface area contributed by atoms with Crippen LogP contribution in [0.3, 0.4) is 0 Å². The molecule has 0 bridgehead atoms. The molecule has 2 aromatic carbocycles. The minimum Gasteiger partial charge on any atom is -0.459 e. The smallest absolute Gasteiger partial charge is 0.293 e. The molecule has 0 radical (unpaired) electrons. The van der Waals surface area contributed by atoms with Gasteiger partial charge >= 0.3 is 0 Å². The Balaban J connectivity index is 1.76. The van der Waals surface area contributed by atoms with Gasteiger partial charge in [0.05, 0.1) is 6.26 Å². The fourth-order valence-corrected chi connectivity index (χ4v) is 2.47. The van der Waals surface area contributed by atoms with E-state index in [0.717, 1.165) is 11.1 Å². The molecule has 4 rings (SSSR count). The van der Waals surface area contributed by atoms with E-state index in [1.54, 1.807) is 12.1 Å². The fourth-order valence-electron chi connectivity index (χ4n) is 2.47. The van der Waals surface area contributed by atoms with Gasteiger partial charge in [0.15, 0.2) is 5.76 Å². The van der Waals surface area contributed by atoms with Crippen LogP contribution in [-0.4, -0.2) is 10.9 Å². The number of anilines is 1. The molecule has 1 amide bonds. The van der Waals surface area contributed by atoms with Crippen molar-refractivity contribution in [1.82, 2.24) is 4.98 Å². The average Bonchev–Trinajstić information content (AvgIpc) is 3.33. The lowest BCUT2D eigenvalue weighted by molar-refractivity contribution is 0.0994. The van der Waals surface area contributed by atoms with E-state index in [4.69, 9.17) is 8.83 Å². The van der Waals surface area contributed by atoms with Crippen LogP contribution in [0.5, 0.6) is 0 Å². The van der Waals surface area contributed by atoms with E-state index in [1.807, 2.05) is 60.7 Å². The van der Waals surface area contributed by atoms with E-state index in [-0.39, 0.29) is 11.6 Å². The minimum absolute atomic E-state index is 0.205. The normalized spacial score (nSPS) is 10.6. The Morgan fingerprint density at radius 2 is 1.52 bits per heavy atom. The van der Waals surface area contributed by atoms with E-state index < -0.39 is 5.91 Å². The number of nitrogens with zero attached hydrogens (tertiary/aromatic N) is 1. The summed E-state index contributed by atoms with van der Waals surface area (Å²) in [5.74, 6) is 0.537. The maximum atomic E-state index is 12.3. The van der Waals surface area contributed by atoms with Gasteiger partial charge < -0.3 is 8.83 Å². The van der Waals surface area contributed by atoms with Gasteiger partial charge in [-0.25, -0.2) is 4.98 Å². The molecule has 2 heterocycles. The number of benzene rings is 2. The Bertz CT molecular complexity index is 974. The maximum Gasteiger partial charge on any atom is 0.293 e. The van der Waals surface area contributed by atoms with Crippen LogP contribution in [-0.2, 0) is 0 Å². The third-order valence-electron chi connectivity index (χ3n) is 3.67. The van der Waals surface area contributed by atoms with Gasteiger partial charge in [0.25, 0.3) is 5.91 Å². The molecule has 0 fully saturated rings. The summed E-state index contributed by atoms with van der Waals surface area (Å²) < 4.78 is 11.0. The van der Waals surface area contributed by atoms with Gasteiger partial charge in [-0.05, 0) is 24.3 Å². The lowest BCUT2D eigenvalue weighted by Gasteiger charge is -2.02. The van der Waals surface area contributed by atoms with Gasteiger partial charge in [-0.15, -0.1) is 0 Å². The van der Waals surface area contributed by atoms with Crippen molar-refractivity contribution in [2.75, 3.05) is 5.32 Å². The minimum atomic E-state index is -0.391. The third kappa shape index (κ3) is 3.07. The third-order valence-corrected chi connectivity index (χ3v) is 3.67. The highest BCUT2D eigenvalue weighted by molar-refractivity contribution is 6.03.